The predicted molar refractivity (Wildman–Crippen MR) is 67.1 cm³/mol. The second-order valence-electron chi connectivity index (χ2n) is 3.69. The van der Waals surface area contributed by atoms with Gasteiger partial charge >= 0.3 is 6.18 Å². The van der Waals surface area contributed by atoms with Crippen LogP contribution >= 0.6 is 0 Å². The molecule has 0 aliphatic rings. The van der Waals surface area contributed by atoms with Gasteiger partial charge in [-0.2, -0.15) is 13.2 Å². The molecular formula is C13H15F3O4. The summed E-state index contributed by atoms with van der Waals surface area (Å²) in [6.07, 6.45) is -2.02. The SMILES string of the molecule is COc1cc(/C=C/OCC(F)(F)F)cc(OC)c1OC. The van der Waals surface area contributed by atoms with Crippen molar-refractivity contribution in [1.29, 1.82) is 0 Å². The third-order valence-corrected chi connectivity index (χ3v) is 2.29. The van der Waals surface area contributed by atoms with Crippen molar-refractivity contribution >= 4 is 6.08 Å². The first-order chi connectivity index (χ1) is 9.41. The van der Waals surface area contributed by atoms with Crippen LogP contribution in [0, 0.1) is 0 Å². The summed E-state index contributed by atoms with van der Waals surface area (Å²) in [5.41, 5.74) is 0.557. The van der Waals surface area contributed by atoms with Crippen LogP contribution < -0.4 is 14.2 Å². The normalized spacial score (nSPS) is 11.5. The Morgan fingerprint density at radius 1 is 1.00 bits per heavy atom. The molecule has 0 aromatic heterocycles. The van der Waals surface area contributed by atoms with E-state index in [9.17, 15) is 13.2 Å². The largest absolute Gasteiger partial charge is 0.493 e. The molecule has 7 heteroatoms. The second kappa shape index (κ2) is 6.93. The molecule has 1 rings (SSSR count). The number of alkyl halides is 3. The Bertz CT molecular complexity index is 444. The number of halogens is 3. The van der Waals surface area contributed by atoms with Crippen molar-refractivity contribution in [2.75, 3.05) is 27.9 Å². The second-order valence-corrected chi connectivity index (χ2v) is 3.69. The van der Waals surface area contributed by atoms with Gasteiger partial charge in [-0.15, -0.1) is 0 Å². The Hall–Kier alpha value is -2.05. The van der Waals surface area contributed by atoms with Gasteiger partial charge in [0.05, 0.1) is 27.6 Å². The van der Waals surface area contributed by atoms with Crippen LogP contribution in [0.3, 0.4) is 0 Å². The van der Waals surface area contributed by atoms with E-state index in [4.69, 9.17) is 14.2 Å². The summed E-state index contributed by atoms with van der Waals surface area (Å²) in [5, 5.41) is 0. The Kier molecular flexibility index (Phi) is 5.54. The number of ether oxygens (including phenoxy) is 4. The van der Waals surface area contributed by atoms with E-state index in [1.165, 1.54) is 27.4 Å². The van der Waals surface area contributed by atoms with Crippen molar-refractivity contribution in [2.24, 2.45) is 0 Å². The molecule has 0 radical (unpaired) electrons. The average molecular weight is 292 g/mol. The van der Waals surface area contributed by atoms with Gasteiger partial charge in [0, 0.05) is 0 Å². The van der Waals surface area contributed by atoms with Gasteiger partial charge in [-0.25, -0.2) is 0 Å². The Labute approximate surface area is 114 Å². The quantitative estimate of drug-likeness (QED) is 0.754. The highest BCUT2D eigenvalue weighted by atomic mass is 19.4. The topological polar surface area (TPSA) is 36.9 Å². The fourth-order valence-electron chi connectivity index (χ4n) is 1.47. The molecule has 112 valence electrons. The molecule has 0 heterocycles. The number of methoxy groups -OCH3 is 3. The van der Waals surface area contributed by atoms with Crippen LogP contribution in [0.1, 0.15) is 5.56 Å². The van der Waals surface area contributed by atoms with E-state index in [1.54, 1.807) is 12.1 Å². The van der Waals surface area contributed by atoms with Gasteiger partial charge in [-0.05, 0) is 23.8 Å². The van der Waals surface area contributed by atoms with Crippen LogP contribution in [0.2, 0.25) is 0 Å². The highest BCUT2D eigenvalue weighted by Gasteiger charge is 2.27. The van der Waals surface area contributed by atoms with E-state index in [-0.39, 0.29) is 0 Å². The molecular weight excluding hydrogens is 277 g/mol. The average Bonchev–Trinajstić information content (AvgIpc) is 2.41. The summed E-state index contributed by atoms with van der Waals surface area (Å²) >= 11 is 0. The summed E-state index contributed by atoms with van der Waals surface area (Å²) < 4.78 is 55.5. The van der Waals surface area contributed by atoms with Gasteiger partial charge in [0.15, 0.2) is 18.1 Å². The van der Waals surface area contributed by atoms with Crippen LogP contribution in [0.5, 0.6) is 17.2 Å². The minimum atomic E-state index is -4.36. The van der Waals surface area contributed by atoms with E-state index in [1.807, 2.05) is 0 Å². The molecule has 0 saturated carbocycles. The molecule has 20 heavy (non-hydrogen) atoms. The first kappa shape index (κ1) is 16.0. The van der Waals surface area contributed by atoms with Gasteiger partial charge in [0.25, 0.3) is 0 Å². The highest BCUT2D eigenvalue weighted by molar-refractivity contribution is 5.61. The maximum atomic E-state index is 11.9. The van der Waals surface area contributed by atoms with Crippen molar-refractivity contribution in [1.82, 2.24) is 0 Å². The van der Waals surface area contributed by atoms with E-state index in [0.29, 0.717) is 22.8 Å². The molecule has 4 nitrogen and oxygen atoms in total. The first-order valence-corrected chi connectivity index (χ1v) is 5.56. The molecule has 0 aliphatic heterocycles. The van der Waals surface area contributed by atoms with Crippen molar-refractivity contribution in [3.8, 4) is 17.2 Å². The maximum Gasteiger partial charge on any atom is 0.422 e. The van der Waals surface area contributed by atoms with Crippen molar-refractivity contribution in [3.05, 3.63) is 24.0 Å². The Balaban J connectivity index is 2.88. The molecule has 0 unspecified atom stereocenters. The molecule has 1 aromatic carbocycles. The maximum absolute atomic E-state index is 11.9. The van der Waals surface area contributed by atoms with Crippen LogP contribution in [0.25, 0.3) is 6.08 Å². The standard InChI is InChI=1S/C13H15F3O4/c1-17-10-6-9(4-5-20-8-13(14,15)16)7-11(18-2)12(10)19-3/h4-7H,8H2,1-3H3/b5-4+. The molecule has 0 atom stereocenters. The third-order valence-electron chi connectivity index (χ3n) is 2.29. The van der Waals surface area contributed by atoms with Gasteiger partial charge in [-0.1, -0.05) is 0 Å². The lowest BCUT2D eigenvalue weighted by Gasteiger charge is -2.12. The summed E-state index contributed by atoms with van der Waals surface area (Å²) in [6, 6.07) is 3.18. The first-order valence-electron chi connectivity index (χ1n) is 5.56. The Morgan fingerprint density at radius 3 is 1.95 bits per heavy atom. The molecule has 1 aromatic rings. The summed E-state index contributed by atoms with van der Waals surface area (Å²) in [5.74, 6) is 1.22. The zero-order valence-electron chi connectivity index (χ0n) is 11.3. The fourth-order valence-corrected chi connectivity index (χ4v) is 1.47. The smallest absolute Gasteiger partial charge is 0.422 e. The zero-order valence-corrected chi connectivity index (χ0v) is 11.3. The van der Waals surface area contributed by atoms with Gasteiger partial charge in [0.2, 0.25) is 5.75 Å². The fraction of sp³-hybridized carbons (Fsp3) is 0.385. The van der Waals surface area contributed by atoms with E-state index >= 15 is 0 Å². The summed E-state index contributed by atoms with van der Waals surface area (Å²) in [7, 11) is 4.36. The molecule has 0 amide bonds. The summed E-state index contributed by atoms with van der Waals surface area (Å²) in [6.45, 7) is -1.34. The predicted octanol–water partition coefficient (Wildman–Crippen LogP) is 3.26. The lowest BCUT2D eigenvalue weighted by Crippen LogP contribution is -2.14. The molecule has 0 aliphatic carbocycles. The van der Waals surface area contributed by atoms with E-state index in [0.717, 1.165) is 6.26 Å². The number of hydrogen-bond acceptors (Lipinski definition) is 4. The molecule has 0 bridgehead atoms. The number of rotatable bonds is 6. The van der Waals surface area contributed by atoms with Crippen LogP contribution in [0.15, 0.2) is 18.4 Å². The van der Waals surface area contributed by atoms with Crippen LogP contribution in [0.4, 0.5) is 13.2 Å². The Morgan fingerprint density at radius 2 is 1.55 bits per heavy atom. The van der Waals surface area contributed by atoms with E-state index in [2.05, 4.69) is 4.74 Å². The van der Waals surface area contributed by atoms with Crippen molar-refractivity contribution < 1.29 is 32.1 Å². The van der Waals surface area contributed by atoms with Gasteiger partial charge in [-0.3, -0.25) is 0 Å². The van der Waals surface area contributed by atoms with Crippen LogP contribution in [-0.4, -0.2) is 34.1 Å². The van der Waals surface area contributed by atoms with Crippen molar-refractivity contribution in [2.45, 2.75) is 6.18 Å². The molecule has 0 saturated heterocycles. The van der Waals surface area contributed by atoms with Gasteiger partial charge < -0.3 is 18.9 Å². The third kappa shape index (κ3) is 4.56. The van der Waals surface area contributed by atoms with Crippen LogP contribution in [-0.2, 0) is 4.74 Å². The summed E-state index contributed by atoms with van der Waals surface area (Å²) in [4.78, 5) is 0. The lowest BCUT2D eigenvalue weighted by molar-refractivity contribution is -0.161. The lowest BCUT2D eigenvalue weighted by atomic mass is 10.2. The molecule has 0 spiro atoms. The monoisotopic (exact) mass is 292 g/mol. The minimum absolute atomic E-state index is 0.405. The highest BCUT2D eigenvalue weighted by Crippen LogP contribution is 2.38. The zero-order chi connectivity index (χ0) is 15.2. The van der Waals surface area contributed by atoms with E-state index < -0.39 is 12.8 Å². The minimum Gasteiger partial charge on any atom is -0.493 e. The number of hydrogen-bond donors (Lipinski definition) is 0. The molecule has 0 N–H and O–H groups in total. The van der Waals surface area contributed by atoms with Crippen molar-refractivity contribution in [3.63, 3.8) is 0 Å². The molecule has 0 fully saturated rings. The van der Waals surface area contributed by atoms with Gasteiger partial charge in [0.1, 0.15) is 0 Å². The number of benzene rings is 1.